The predicted octanol–water partition coefficient (Wildman–Crippen LogP) is 0.923. The molecule has 3 nitrogen and oxygen atoms in total. The topological polar surface area (TPSA) is 45.5 Å². The van der Waals surface area contributed by atoms with Crippen LogP contribution in [0.5, 0.6) is 0 Å². The Labute approximate surface area is 83.2 Å². The fraction of sp³-hybridized carbons (Fsp3) is 0.182. The molecule has 0 fully saturated rings. The molecule has 2 aromatic rings. The number of hydrogen-bond donors (Lipinski definition) is 1. The Morgan fingerprint density at radius 1 is 1.29 bits per heavy atom. The molecular weight excluding hydrogens is 174 g/mol. The number of benzene rings is 1. The molecule has 3 N–H and O–H groups in total. The summed E-state index contributed by atoms with van der Waals surface area (Å²) in [5, 5.41) is 4.26. The third kappa shape index (κ3) is 1.67. The van der Waals surface area contributed by atoms with Gasteiger partial charge >= 0.3 is 0 Å². The zero-order valence-corrected chi connectivity index (χ0v) is 8.27. The van der Waals surface area contributed by atoms with Gasteiger partial charge in [0.1, 0.15) is 6.54 Å². The molecule has 0 amide bonds. The molecule has 0 aliphatic rings. The van der Waals surface area contributed by atoms with Crippen LogP contribution in [0, 0.1) is 6.92 Å². The molecule has 0 bridgehead atoms. The Hall–Kier alpha value is -1.61. The third-order valence-corrected chi connectivity index (χ3v) is 2.22. The number of nitrogens with zero attached hydrogens (tertiary/aromatic N) is 2. The summed E-state index contributed by atoms with van der Waals surface area (Å²) in [5.41, 5.74) is 7.34. The van der Waals surface area contributed by atoms with Crippen molar-refractivity contribution in [1.29, 1.82) is 0 Å². The van der Waals surface area contributed by atoms with Gasteiger partial charge in [-0.15, -0.1) is 0 Å². The van der Waals surface area contributed by atoms with Crippen LogP contribution in [0.2, 0.25) is 0 Å². The van der Waals surface area contributed by atoms with Crippen molar-refractivity contribution in [3.05, 3.63) is 47.8 Å². The highest BCUT2D eigenvalue weighted by Gasteiger charge is 1.99. The summed E-state index contributed by atoms with van der Waals surface area (Å²) in [4.78, 5) is 0. The van der Waals surface area contributed by atoms with Crippen LogP contribution in [0.1, 0.15) is 11.1 Å². The van der Waals surface area contributed by atoms with Gasteiger partial charge in [-0.3, -0.25) is 0 Å². The molecule has 0 unspecified atom stereocenters. The van der Waals surface area contributed by atoms with Gasteiger partial charge in [-0.1, -0.05) is 17.7 Å². The first-order valence-corrected chi connectivity index (χ1v) is 4.69. The maximum absolute atomic E-state index is 4.26. The van der Waals surface area contributed by atoms with Gasteiger partial charge in [-0.05, 0) is 19.1 Å². The number of aromatic nitrogens is 2. The first-order valence-electron chi connectivity index (χ1n) is 4.69. The Bertz CT molecular complexity index is 414. The van der Waals surface area contributed by atoms with Gasteiger partial charge in [-0.25, -0.2) is 4.68 Å². The number of aryl methyl sites for hydroxylation is 1. The molecule has 0 aliphatic carbocycles. The fourth-order valence-corrected chi connectivity index (χ4v) is 1.33. The van der Waals surface area contributed by atoms with Gasteiger partial charge in [0.25, 0.3) is 0 Å². The van der Waals surface area contributed by atoms with Gasteiger partial charge in [0.15, 0.2) is 0 Å². The number of rotatable bonds is 2. The van der Waals surface area contributed by atoms with E-state index >= 15 is 0 Å². The van der Waals surface area contributed by atoms with E-state index in [9.17, 15) is 0 Å². The molecule has 1 aromatic carbocycles. The van der Waals surface area contributed by atoms with Crippen LogP contribution >= 0.6 is 0 Å². The highest BCUT2D eigenvalue weighted by molar-refractivity contribution is 5.33. The average molecular weight is 188 g/mol. The van der Waals surface area contributed by atoms with Gasteiger partial charge in [0.2, 0.25) is 0 Å². The van der Waals surface area contributed by atoms with Crippen molar-refractivity contribution in [3.63, 3.8) is 0 Å². The van der Waals surface area contributed by atoms with E-state index in [0.717, 1.165) is 17.8 Å². The minimum absolute atomic E-state index is 0.784. The zero-order chi connectivity index (χ0) is 9.97. The Balaban J connectivity index is 2.34. The summed E-state index contributed by atoms with van der Waals surface area (Å²) in [6.07, 6.45) is 3.87. The van der Waals surface area contributed by atoms with Crippen molar-refractivity contribution in [2.45, 2.75) is 13.5 Å². The smallest absolute Gasteiger partial charge is 0.103 e. The summed E-state index contributed by atoms with van der Waals surface area (Å²) in [6, 6.07) is 8.30. The minimum Gasteiger partial charge on any atom is -0.354 e. The van der Waals surface area contributed by atoms with E-state index in [1.54, 1.807) is 0 Å². The third-order valence-electron chi connectivity index (χ3n) is 2.22. The first kappa shape index (κ1) is 8.97. The van der Waals surface area contributed by atoms with E-state index in [2.05, 4.69) is 42.0 Å². The van der Waals surface area contributed by atoms with Crippen LogP contribution < -0.4 is 5.73 Å². The summed E-state index contributed by atoms with van der Waals surface area (Å²) >= 11 is 0. The van der Waals surface area contributed by atoms with Crippen LogP contribution in [0.15, 0.2) is 36.7 Å². The van der Waals surface area contributed by atoms with Crippen LogP contribution in [0.4, 0.5) is 0 Å². The van der Waals surface area contributed by atoms with Crippen LogP contribution in [-0.2, 0) is 6.54 Å². The normalized spacial score (nSPS) is 10.4. The van der Waals surface area contributed by atoms with E-state index in [1.165, 1.54) is 5.56 Å². The lowest BCUT2D eigenvalue weighted by Gasteiger charge is -2.00. The van der Waals surface area contributed by atoms with E-state index in [0.29, 0.717) is 0 Å². The molecule has 0 saturated carbocycles. The molecule has 0 aliphatic heterocycles. The molecule has 1 aromatic heterocycles. The van der Waals surface area contributed by atoms with Gasteiger partial charge < -0.3 is 5.73 Å². The Kier molecular flexibility index (Phi) is 2.33. The summed E-state index contributed by atoms with van der Waals surface area (Å²) in [6.45, 7) is 2.86. The summed E-state index contributed by atoms with van der Waals surface area (Å²) in [7, 11) is 0. The highest BCUT2D eigenvalue weighted by Crippen LogP contribution is 2.08. The second kappa shape index (κ2) is 3.64. The van der Waals surface area contributed by atoms with Crippen molar-refractivity contribution >= 4 is 0 Å². The van der Waals surface area contributed by atoms with Crippen molar-refractivity contribution in [1.82, 2.24) is 9.78 Å². The lowest BCUT2D eigenvalue weighted by Crippen LogP contribution is -2.47. The largest absolute Gasteiger partial charge is 0.354 e. The molecule has 3 heteroatoms. The summed E-state index contributed by atoms with van der Waals surface area (Å²) in [5.74, 6) is 0. The average Bonchev–Trinajstić information content (AvgIpc) is 2.67. The lowest BCUT2D eigenvalue weighted by molar-refractivity contribution is -0.386. The second-order valence-corrected chi connectivity index (χ2v) is 3.38. The number of quaternary nitrogens is 1. The zero-order valence-electron chi connectivity index (χ0n) is 8.27. The summed E-state index contributed by atoms with van der Waals surface area (Å²) < 4.78 is 1.87. The SMILES string of the molecule is Cc1ccc(-n2cc(C[NH3+])cn2)cc1. The monoisotopic (exact) mass is 188 g/mol. The number of hydrogen-bond acceptors (Lipinski definition) is 1. The van der Waals surface area contributed by atoms with E-state index in [-0.39, 0.29) is 0 Å². The molecule has 1 heterocycles. The van der Waals surface area contributed by atoms with Gasteiger partial charge in [0.05, 0.1) is 11.9 Å². The minimum atomic E-state index is 0.784. The van der Waals surface area contributed by atoms with Crippen molar-refractivity contribution in [3.8, 4) is 5.69 Å². The van der Waals surface area contributed by atoms with E-state index in [1.807, 2.05) is 17.1 Å². The van der Waals surface area contributed by atoms with Crippen molar-refractivity contribution < 1.29 is 5.73 Å². The van der Waals surface area contributed by atoms with E-state index in [4.69, 9.17) is 0 Å². The first-order chi connectivity index (χ1) is 6.79. The molecule has 72 valence electrons. The molecule has 2 rings (SSSR count). The molecule has 0 radical (unpaired) electrons. The molecule has 14 heavy (non-hydrogen) atoms. The van der Waals surface area contributed by atoms with Crippen LogP contribution in [0.25, 0.3) is 5.69 Å². The van der Waals surface area contributed by atoms with Crippen molar-refractivity contribution in [2.75, 3.05) is 0 Å². The maximum atomic E-state index is 4.26. The fourth-order valence-electron chi connectivity index (χ4n) is 1.33. The highest BCUT2D eigenvalue weighted by atomic mass is 15.3. The van der Waals surface area contributed by atoms with Gasteiger partial charge in [-0.2, -0.15) is 5.10 Å². The predicted molar refractivity (Wildman–Crippen MR) is 54.9 cm³/mol. The molecule has 0 spiro atoms. The maximum Gasteiger partial charge on any atom is 0.103 e. The Morgan fingerprint density at radius 2 is 2.00 bits per heavy atom. The molecular formula is C11H14N3+. The molecule has 0 atom stereocenters. The van der Waals surface area contributed by atoms with Crippen LogP contribution in [-0.4, -0.2) is 9.78 Å². The van der Waals surface area contributed by atoms with E-state index < -0.39 is 0 Å². The lowest BCUT2D eigenvalue weighted by atomic mass is 10.2. The van der Waals surface area contributed by atoms with Crippen molar-refractivity contribution in [2.24, 2.45) is 0 Å². The second-order valence-electron chi connectivity index (χ2n) is 3.38. The van der Waals surface area contributed by atoms with Crippen LogP contribution in [0.3, 0.4) is 0 Å². The Morgan fingerprint density at radius 3 is 2.57 bits per heavy atom. The quantitative estimate of drug-likeness (QED) is 0.748. The van der Waals surface area contributed by atoms with Gasteiger partial charge in [0, 0.05) is 11.8 Å². The molecule has 0 saturated heterocycles. The standard InChI is InChI=1S/C11H13N3/c1-9-2-4-11(5-3-9)14-8-10(6-12)7-13-14/h2-5,7-8H,6,12H2,1H3/p+1.